The van der Waals surface area contributed by atoms with Gasteiger partial charge in [0.1, 0.15) is 0 Å². The number of carbonyl (C=O) groups excluding carboxylic acids is 1. The fourth-order valence-electron chi connectivity index (χ4n) is 4.51. The summed E-state index contributed by atoms with van der Waals surface area (Å²) in [5.74, 6) is -0.370. The summed E-state index contributed by atoms with van der Waals surface area (Å²) in [6.45, 7) is 12.2. The molecule has 2 aromatic heterocycles. The first kappa shape index (κ1) is 30.0. The van der Waals surface area contributed by atoms with Crippen LogP contribution in [0.5, 0.6) is 0 Å². The van der Waals surface area contributed by atoms with Crippen LogP contribution in [-0.4, -0.2) is 42.3 Å². The van der Waals surface area contributed by atoms with Crippen LogP contribution in [0.3, 0.4) is 0 Å². The fraction of sp³-hybridized carbons (Fsp3) is 0.364. The summed E-state index contributed by atoms with van der Waals surface area (Å²) in [6.07, 6.45) is -0.175. The second-order valence-electron chi connectivity index (χ2n) is 11.0. The minimum absolute atomic E-state index is 0.000231. The molecule has 2 heterocycles. The Morgan fingerprint density at radius 2 is 1.41 bits per heavy atom. The lowest BCUT2D eigenvalue weighted by molar-refractivity contribution is -0.173. The second-order valence-corrected chi connectivity index (χ2v) is 11.0. The maximum atomic E-state index is 12.2. The van der Waals surface area contributed by atoms with Crippen molar-refractivity contribution in [3.05, 3.63) is 95.8 Å². The Bertz CT molecular complexity index is 1590. The van der Waals surface area contributed by atoms with Crippen LogP contribution in [0.25, 0.3) is 21.8 Å². The zero-order valence-electron chi connectivity index (χ0n) is 24.7. The summed E-state index contributed by atoms with van der Waals surface area (Å²) >= 11 is 0. The first-order valence-corrected chi connectivity index (χ1v) is 14.0. The van der Waals surface area contributed by atoms with E-state index in [1.807, 2.05) is 89.9 Å². The molecular formula is C33H40N4O4. The van der Waals surface area contributed by atoms with E-state index in [9.17, 15) is 4.79 Å². The predicted molar refractivity (Wildman–Crippen MR) is 161 cm³/mol. The van der Waals surface area contributed by atoms with Crippen LogP contribution in [0, 0.1) is 0 Å². The van der Waals surface area contributed by atoms with Gasteiger partial charge in [0.2, 0.25) is 0 Å². The van der Waals surface area contributed by atoms with Crippen LogP contribution in [0.1, 0.15) is 64.5 Å². The molecule has 0 unspecified atom stereocenters. The zero-order valence-corrected chi connectivity index (χ0v) is 24.7. The van der Waals surface area contributed by atoms with E-state index in [4.69, 9.17) is 19.7 Å². The molecule has 5 rings (SSSR count). The average molecular weight is 557 g/mol. The highest BCUT2D eigenvalue weighted by Crippen LogP contribution is 2.24. The molecule has 0 amide bonds. The van der Waals surface area contributed by atoms with Crippen molar-refractivity contribution in [1.29, 1.82) is 0 Å². The first-order chi connectivity index (χ1) is 19.6. The highest BCUT2D eigenvalue weighted by molar-refractivity contribution is 5.83. The number of nitrogens with zero attached hydrogens (tertiary/aromatic N) is 4. The maximum Gasteiger partial charge on any atom is 0.338 e. The normalized spacial score (nSPS) is 11.7. The van der Waals surface area contributed by atoms with E-state index in [0.29, 0.717) is 12.6 Å². The smallest absolute Gasteiger partial charge is 0.338 e. The Kier molecular flexibility index (Phi) is 9.57. The van der Waals surface area contributed by atoms with E-state index in [1.54, 1.807) is 13.8 Å². The van der Waals surface area contributed by atoms with Gasteiger partial charge in [-0.15, -0.1) is 0 Å². The third-order valence-corrected chi connectivity index (χ3v) is 6.64. The summed E-state index contributed by atoms with van der Waals surface area (Å²) in [5, 5.41) is 20.4. The van der Waals surface area contributed by atoms with Crippen LogP contribution in [0.2, 0.25) is 0 Å². The monoisotopic (exact) mass is 556 g/mol. The minimum atomic E-state index is -1.03. The third kappa shape index (κ3) is 7.20. The number of esters is 1. The van der Waals surface area contributed by atoms with Crippen LogP contribution in [-0.2, 0) is 34.0 Å². The van der Waals surface area contributed by atoms with Crippen LogP contribution in [0.15, 0.2) is 78.9 Å². The molecule has 0 spiro atoms. The Hall–Kier alpha value is -4.01. The molecule has 5 aromatic rings. The third-order valence-electron chi connectivity index (χ3n) is 6.64. The van der Waals surface area contributed by atoms with E-state index in [0.717, 1.165) is 33.2 Å². The Morgan fingerprint density at radius 1 is 0.829 bits per heavy atom. The SMILES string of the molecule is CC(C)OC(=O)C(C)(C)OCc1nn(Cc2ccccc2)c2ccccc12.CC(C)n1nc(CO)c2ccccc21. The molecule has 0 fully saturated rings. The molecule has 0 atom stereocenters. The van der Waals surface area contributed by atoms with Crippen molar-refractivity contribution in [3.8, 4) is 0 Å². The lowest BCUT2D eigenvalue weighted by Gasteiger charge is -2.24. The minimum Gasteiger partial charge on any atom is -0.461 e. The Labute approximate surface area is 241 Å². The van der Waals surface area contributed by atoms with Gasteiger partial charge in [-0.25, -0.2) is 4.79 Å². The number of aliphatic hydroxyl groups is 1. The quantitative estimate of drug-likeness (QED) is 0.210. The molecule has 216 valence electrons. The van der Waals surface area contributed by atoms with E-state index < -0.39 is 5.60 Å². The fourth-order valence-corrected chi connectivity index (χ4v) is 4.51. The average Bonchev–Trinajstić information content (AvgIpc) is 3.51. The van der Waals surface area contributed by atoms with Gasteiger partial charge in [-0.05, 0) is 59.2 Å². The molecule has 0 radical (unpaired) electrons. The van der Waals surface area contributed by atoms with Crippen molar-refractivity contribution < 1.29 is 19.4 Å². The van der Waals surface area contributed by atoms with Gasteiger partial charge in [0.25, 0.3) is 0 Å². The van der Waals surface area contributed by atoms with Gasteiger partial charge in [-0.1, -0.05) is 66.7 Å². The number of ether oxygens (including phenoxy) is 2. The molecule has 8 nitrogen and oxygen atoms in total. The molecule has 41 heavy (non-hydrogen) atoms. The number of aromatic nitrogens is 4. The van der Waals surface area contributed by atoms with E-state index in [1.165, 1.54) is 5.56 Å². The molecule has 0 aliphatic rings. The zero-order chi connectivity index (χ0) is 29.6. The standard InChI is InChI=1S/C22H26N2O3.C11H14N2O/c1-16(2)27-21(25)22(3,4)26-15-19-18-12-8-9-13-20(18)24(23-19)14-17-10-6-5-7-11-17;1-8(2)13-11-6-4-3-5-9(11)10(7-14)12-13/h5-13,16H,14-15H2,1-4H3;3-6,8,14H,7H2,1-2H3. The highest BCUT2D eigenvalue weighted by Gasteiger charge is 2.31. The molecule has 8 heteroatoms. The number of hydrogen-bond acceptors (Lipinski definition) is 6. The first-order valence-electron chi connectivity index (χ1n) is 14.0. The van der Waals surface area contributed by atoms with Crippen LogP contribution < -0.4 is 0 Å². The number of para-hydroxylation sites is 2. The number of benzene rings is 3. The summed E-state index contributed by atoms with van der Waals surface area (Å²) in [6, 6.07) is 26.6. The maximum absolute atomic E-state index is 12.2. The lowest BCUT2D eigenvalue weighted by atomic mass is 10.1. The van der Waals surface area contributed by atoms with Gasteiger partial charge in [0, 0.05) is 16.8 Å². The van der Waals surface area contributed by atoms with Gasteiger partial charge in [-0.2, -0.15) is 10.2 Å². The van der Waals surface area contributed by atoms with Gasteiger partial charge >= 0.3 is 5.97 Å². The van der Waals surface area contributed by atoms with E-state index in [-0.39, 0.29) is 25.3 Å². The molecule has 0 saturated heterocycles. The molecular weight excluding hydrogens is 516 g/mol. The van der Waals surface area contributed by atoms with Gasteiger partial charge in [0.15, 0.2) is 5.60 Å². The molecule has 0 aliphatic carbocycles. The van der Waals surface area contributed by atoms with Gasteiger partial charge < -0.3 is 14.6 Å². The molecule has 0 saturated carbocycles. The number of rotatable bonds is 9. The van der Waals surface area contributed by atoms with Crippen molar-refractivity contribution in [1.82, 2.24) is 19.6 Å². The summed E-state index contributed by atoms with van der Waals surface area (Å²) in [4.78, 5) is 12.2. The van der Waals surface area contributed by atoms with Crippen molar-refractivity contribution in [2.75, 3.05) is 0 Å². The topological polar surface area (TPSA) is 91.4 Å². The van der Waals surface area contributed by atoms with Gasteiger partial charge in [-0.3, -0.25) is 9.36 Å². The van der Waals surface area contributed by atoms with Gasteiger partial charge in [0.05, 0.1) is 48.3 Å². The van der Waals surface area contributed by atoms with E-state index in [2.05, 4.69) is 31.1 Å². The number of fused-ring (bicyclic) bond motifs is 2. The summed E-state index contributed by atoms with van der Waals surface area (Å²) in [7, 11) is 0. The van der Waals surface area contributed by atoms with Crippen LogP contribution >= 0.6 is 0 Å². The predicted octanol–water partition coefficient (Wildman–Crippen LogP) is 6.44. The summed E-state index contributed by atoms with van der Waals surface area (Å²) in [5.41, 5.74) is 3.85. The van der Waals surface area contributed by atoms with E-state index >= 15 is 0 Å². The second kappa shape index (κ2) is 13.1. The molecule has 1 N–H and O–H groups in total. The number of hydrogen-bond donors (Lipinski definition) is 1. The Balaban J connectivity index is 0.000000231. The largest absolute Gasteiger partial charge is 0.461 e. The lowest BCUT2D eigenvalue weighted by Crippen LogP contribution is -2.38. The van der Waals surface area contributed by atoms with Crippen molar-refractivity contribution >= 4 is 27.8 Å². The molecule has 0 bridgehead atoms. The molecule has 0 aliphatic heterocycles. The van der Waals surface area contributed by atoms with Crippen molar-refractivity contribution in [2.45, 2.75) is 79.0 Å². The Morgan fingerprint density at radius 3 is 2.02 bits per heavy atom. The van der Waals surface area contributed by atoms with Crippen LogP contribution in [0.4, 0.5) is 0 Å². The van der Waals surface area contributed by atoms with Crippen molar-refractivity contribution in [2.24, 2.45) is 0 Å². The summed E-state index contributed by atoms with van der Waals surface area (Å²) < 4.78 is 15.1. The highest BCUT2D eigenvalue weighted by atomic mass is 16.6. The number of aliphatic hydroxyl groups excluding tert-OH is 1. The van der Waals surface area contributed by atoms with Crippen molar-refractivity contribution in [3.63, 3.8) is 0 Å². The molecule has 3 aromatic carbocycles. The number of carbonyl (C=O) groups is 1.